The second-order valence-electron chi connectivity index (χ2n) is 7.31. The van der Waals surface area contributed by atoms with Gasteiger partial charge in [-0.25, -0.2) is 4.68 Å². The van der Waals surface area contributed by atoms with E-state index in [9.17, 15) is 0 Å². The van der Waals surface area contributed by atoms with Gasteiger partial charge in [0.2, 0.25) is 0 Å². The number of unbranched alkanes of at least 4 members (excludes halogenated alkanes) is 4. The van der Waals surface area contributed by atoms with Gasteiger partial charge in [0.1, 0.15) is 10.4 Å². The lowest BCUT2D eigenvalue weighted by Crippen LogP contribution is -2.34. The summed E-state index contributed by atoms with van der Waals surface area (Å²) in [6, 6.07) is 19.0. The lowest BCUT2D eigenvalue weighted by Gasteiger charge is -2.34. The molecule has 1 atom stereocenters. The van der Waals surface area contributed by atoms with E-state index in [0.717, 1.165) is 23.9 Å². The van der Waals surface area contributed by atoms with E-state index in [2.05, 4.69) is 64.4 Å². The summed E-state index contributed by atoms with van der Waals surface area (Å²) < 4.78 is 7.64. The molecule has 0 fully saturated rings. The van der Waals surface area contributed by atoms with Crippen LogP contribution in [0.2, 0.25) is 0 Å². The highest BCUT2D eigenvalue weighted by Crippen LogP contribution is 2.41. The van der Waals surface area contributed by atoms with E-state index in [-0.39, 0.29) is 4.87 Å². The summed E-state index contributed by atoms with van der Waals surface area (Å²) in [5.74, 6) is 0.635. The van der Waals surface area contributed by atoms with Crippen molar-refractivity contribution in [3.05, 3.63) is 60.2 Å². The predicted octanol–water partition coefficient (Wildman–Crippen LogP) is 6.02. The second-order valence-corrected chi connectivity index (χ2v) is 8.60. The first-order chi connectivity index (χ1) is 13.8. The normalized spacial score (nSPS) is 13.6. The first-order valence-electron chi connectivity index (χ1n) is 10.3. The van der Waals surface area contributed by atoms with Gasteiger partial charge in [-0.1, -0.05) is 86.7 Å². The lowest BCUT2D eigenvalue weighted by molar-refractivity contribution is 0.252. The number of fused-ring (bicyclic) bond motifs is 1. The summed E-state index contributed by atoms with van der Waals surface area (Å²) in [5, 5.41) is 9.07. The minimum absolute atomic E-state index is 0.209. The van der Waals surface area contributed by atoms with Crippen LogP contribution in [0.3, 0.4) is 0 Å². The fourth-order valence-corrected chi connectivity index (χ4v) is 4.86. The summed E-state index contributed by atoms with van der Waals surface area (Å²) in [6.07, 6.45) is 8.26. The zero-order valence-electron chi connectivity index (χ0n) is 17.0. The Kier molecular flexibility index (Phi) is 7.92. The number of thioether (sulfide) groups is 1. The highest BCUT2D eigenvalue weighted by molar-refractivity contribution is 7.99. The number of methoxy groups -OCH3 is 1. The molecule has 3 aromatic rings. The average Bonchev–Trinajstić information content (AvgIpc) is 3.17. The van der Waals surface area contributed by atoms with Gasteiger partial charge in [0.15, 0.2) is 0 Å². The van der Waals surface area contributed by atoms with E-state index < -0.39 is 0 Å². The van der Waals surface area contributed by atoms with Crippen LogP contribution >= 0.6 is 11.8 Å². The van der Waals surface area contributed by atoms with Crippen LogP contribution < -0.4 is 0 Å². The summed E-state index contributed by atoms with van der Waals surface area (Å²) in [7, 11) is 1.76. The van der Waals surface area contributed by atoms with E-state index in [1.807, 2.05) is 23.9 Å². The summed E-state index contributed by atoms with van der Waals surface area (Å²) in [6.45, 7) is 2.26. The fourth-order valence-electron chi connectivity index (χ4n) is 3.71. The molecular weight excluding hydrogens is 366 g/mol. The van der Waals surface area contributed by atoms with Crippen molar-refractivity contribution in [1.29, 1.82) is 0 Å². The quantitative estimate of drug-likeness (QED) is 0.276. The van der Waals surface area contributed by atoms with Crippen molar-refractivity contribution in [2.45, 2.75) is 56.7 Å². The number of benzene rings is 2. The second kappa shape index (κ2) is 10.6. The van der Waals surface area contributed by atoms with Gasteiger partial charge in [-0.05, 0) is 24.1 Å². The Hall–Kier alpha value is -1.85. The molecule has 0 radical (unpaired) electrons. The Morgan fingerprint density at radius 1 is 0.964 bits per heavy atom. The maximum absolute atomic E-state index is 5.49. The number of ether oxygens (including phenoxy) is 1. The van der Waals surface area contributed by atoms with Crippen molar-refractivity contribution in [1.82, 2.24) is 15.0 Å². The van der Waals surface area contributed by atoms with Crippen LogP contribution in [0.4, 0.5) is 0 Å². The molecule has 3 rings (SSSR count). The molecule has 0 spiro atoms. The van der Waals surface area contributed by atoms with Gasteiger partial charge >= 0.3 is 0 Å². The fraction of sp³-hybridized carbons (Fsp3) is 0.478. The van der Waals surface area contributed by atoms with E-state index in [1.54, 1.807) is 7.11 Å². The minimum Gasteiger partial charge on any atom is -0.374 e. The molecule has 0 saturated heterocycles. The number of rotatable bonds is 12. The molecule has 0 aliphatic rings. The predicted molar refractivity (Wildman–Crippen MR) is 118 cm³/mol. The smallest absolute Gasteiger partial charge is 0.116 e. The van der Waals surface area contributed by atoms with E-state index in [1.165, 1.54) is 37.7 Å². The van der Waals surface area contributed by atoms with Gasteiger partial charge in [-0.2, -0.15) is 0 Å². The Morgan fingerprint density at radius 3 is 2.50 bits per heavy atom. The van der Waals surface area contributed by atoms with Crippen molar-refractivity contribution in [2.75, 3.05) is 13.0 Å². The van der Waals surface area contributed by atoms with Crippen LogP contribution in [0.5, 0.6) is 0 Å². The molecule has 5 heteroatoms. The molecule has 2 aromatic carbocycles. The monoisotopic (exact) mass is 397 g/mol. The van der Waals surface area contributed by atoms with Crippen LogP contribution in [-0.4, -0.2) is 28.0 Å². The Balaban J connectivity index is 1.95. The molecule has 0 aliphatic carbocycles. The van der Waals surface area contributed by atoms with Crippen LogP contribution in [0, 0.1) is 0 Å². The maximum atomic E-state index is 5.49. The third-order valence-electron chi connectivity index (χ3n) is 5.18. The zero-order valence-corrected chi connectivity index (χ0v) is 17.8. The van der Waals surface area contributed by atoms with Gasteiger partial charge in [0, 0.05) is 13.5 Å². The van der Waals surface area contributed by atoms with E-state index in [0.29, 0.717) is 5.94 Å². The molecule has 150 valence electrons. The topological polar surface area (TPSA) is 39.9 Å². The van der Waals surface area contributed by atoms with Crippen LogP contribution in [-0.2, 0) is 16.0 Å². The lowest BCUT2D eigenvalue weighted by atomic mass is 9.98. The molecule has 0 saturated carbocycles. The zero-order chi connectivity index (χ0) is 19.7. The molecule has 0 N–H and O–H groups in total. The third kappa shape index (κ3) is 5.15. The van der Waals surface area contributed by atoms with Gasteiger partial charge in [0.25, 0.3) is 0 Å². The number of hydrogen-bond acceptors (Lipinski definition) is 4. The first kappa shape index (κ1) is 20.9. The van der Waals surface area contributed by atoms with Crippen molar-refractivity contribution in [3.8, 4) is 0 Å². The van der Waals surface area contributed by atoms with E-state index in [4.69, 9.17) is 4.74 Å². The molecular formula is C23H31N3OS. The molecule has 28 heavy (non-hydrogen) atoms. The third-order valence-corrected chi connectivity index (χ3v) is 6.59. The Labute approximate surface area is 172 Å². The van der Waals surface area contributed by atoms with Crippen molar-refractivity contribution < 1.29 is 4.74 Å². The van der Waals surface area contributed by atoms with Crippen molar-refractivity contribution in [3.63, 3.8) is 0 Å². The van der Waals surface area contributed by atoms with Gasteiger partial charge in [-0.3, -0.25) is 0 Å². The SMILES string of the molecule is CCCCCCCC(Cc1ccccc1)(SCOC)n1nnc2ccccc21. The number of aromatic nitrogens is 3. The first-order valence-corrected chi connectivity index (χ1v) is 11.3. The minimum atomic E-state index is -0.209. The number of nitrogens with zero attached hydrogens (tertiary/aromatic N) is 3. The highest BCUT2D eigenvalue weighted by atomic mass is 32.2. The van der Waals surface area contributed by atoms with Crippen LogP contribution in [0.15, 0.2) is 54.6 Å². The van der Waals surface area contributed by atoms with Gasteiger partial charge < -0.3 is 4.74 Å². The molecule has 1 heterocycles. The van der Waals surface area contributed by atoms with Crippen LogP contribution in [0.25, 0.3) is 11.0 Å². The van der Waals surface area contributed by atoms with Crippen LogP contribution in [0.1, 0.15) is 51.0 Å². The Morgan fingerprint density at radius 2 is 1.71 bits per heavy atom. The molecule has 4 nitrogen and oxygen atoms in total. The summed E-state index contributed by atoms with van der Waals surface area (Å²) >= 11 is 1.84. The summed E-state index contributed by atoms with van der Waals surface area (Å²) in [5.41, 5.74) is 3.36. The van der Waals surface area contributed by atoms with E-state index >= 15 is 0 Å². The largest absolute Gasteiger partial charge is 0.374 e. The molecule has 0 aliphatic heterocycles. The Bertz CT molecular complexity index is 836. The maximum Gasteiger partial charge on any atom is 0.116 e. The molecule has 1 aromatic heterocycles. The summed E-state index contributed by atoms with van der Waals surface area (Å²) in [4.78, 5) is -0.209. The number of para-hydroxylation sites is 1. The standard InChI is InChI=1S/C23H31N3OS/c1-3-4-5-6-12-17-23(28-19-27-2,18-20-13-8-7-9-14-20)26-22-16-11-10-15-21(22)24-25-26/h7-11,13-16H,3-6,12,17-19H2,1-2H3. The van der Waals surface area contributed by atoms with Crippen molar-refractivity contribution >= 4 is 22.8 Å². The molecule has 0 amide bonds. The highest BCUT2D eigenvalue weighted by Gasteiger charge is 2.35. The average molecular weight is 398 g/mol. The molecule has 1 unspecified atom stereocenters. The van der Waals surface area contributed by atoms with Gasteiger partial charge in [0.05, 0.1) is 11.5 Å². The van der Waals surface area contributed by atoms with Gasteiger partial charge in [-0.15, -0.1) is 16.9 Å². The van der Waals surface area contributed by atoms with Crippen molar-refractivity contribution in [2.24, 2.45) is 0 Å². The molecule has 0 bridgehead atoms. The number of hydrogen-bond donors (Lipinski definition) is 0.